The molecule has 2 atom stereocenters. The highest BCUT2D eigenvalue weighted by Gasteiger charge is 2.51. The van der Waals surface area contributed by atoms with Crippen molar-refractivity contribution in [1.82, 2.24) is 0 Å². The van der Waals surface area contributed by atoms with Crippen molar-refractivity contribution in [3.8, 4) is 0 Å². The number of Topliss-reactive ketones (excluding diaryl/α,β-unsaturated/α-hetero) is 1. The molecule has 98 valence electrons. The van der Waals surface area contributed by atoms with Gasteiger partial charge in [-0.25, -0.2) is 0 Å². The number of carbonyl (C=O) groups excluding carboxylic acids is 2. The fourth-order valence-corrected chi connectivity index (χ4v) is 6.73. The molecule has 18 heavy (non-hydrogen) atoms. The molecule has 0 bridgehead atoms. The van der Waals surface area contributed by atoms with E-state index < -0.39 is 0 Å². The number of hydrogen-bond donors (Lipinski definition) is 0. The van der Waals surface area contributed by atoms with E-state index in [1.807, 2.05) is 6.08 Å². The maximum absolute atomic E-state index is 12.3. The Morgan fingerprint density at radius 1 is 1.22 bits per heavy atom. The number of carbonyl (C=O) groups is 2. The molecule has 1 saturated heterocycles. The average Bonchev–Trinajstić information content (AvgIpc) is 2.86. The topological polar surface area (TPSA) is 34.1 Å². The lowest BCUT2D eigenvalue weighted by Crippen LogP contribution is -2.45. The van der Waals surface area contributed by atoms with E-state index in [1.165, 1.54) is 29.9 Å². The number of hydrogen-bond acceptors (Lipinski definition) is 2. The van der Waals surface area contributed by atoms with E-state index in [4.69, 9.17) is 0 Å². The molecule has 1 aliphatic heterocycles. The van der Waals surface area contributed by atoms with Gasteiger partial charge < -0.3 is 0 Å². The third-order valence-corrected chi connectivity index (χ3v) is 7.81. The van der Waals surface area contributed by atoms with Crippen molar-refractivity contribution in [2.24, 2.45) is 5.41 Å². The van der Waals surface area contributed by atoms with Crippen LogP contribution >= 0.6 is 0 Å². The lowest BCUT2D eigenvalue weighted by Gasteiger charge is -2.40. The Labute approximate surface area is 112 Å². The Kier molecular flexibility index (Phi) is 3.13. The molecule has 2 aliphatic carbocycles. The second kappa shape index (κ2) is 4.52. The largest absolute Gasteiger partial charge is 0.299 e. The lowest BCUT2D eigenvalue weighted by atomic mass is 9.65. The molecule has 2 nitrogen and oxygen atoms in total. The number of ketones is 2. The molecule has 0 N–H and O–H groups in total. The first kappa shape index (κ1) is 12.5. The fourth-order valence-electron chi connectivity index (χ4n) is 3.67. The summed E-state index contributed by atoms with van der Waals surface area (Å²) in [4.78, 5) is 24.0. The summed E-state index contributed by atoms with van der Waals surface area (Å²) in [5.74, 6) is 3.26. The first-order chi connectivity index (χ1) is 8.61. The zero-order chi connectivity index (χ0) is 12.8. The van der Waals surface area contributed by atoms with Crippen LogP contribution in [0.2, 0.25) is 0 Å². The van der Waals surface area contributed by atoms with Crippen LogP contribution in [0.3, 0.4) is 0 Å². The lowest BCUT2D eigenvalue weighted by molar-refractivity contribution is -0.128. The summed E-state index contributed by atoms with van der Waals surface area (Å²) < 4.78 is 0. The van der Waals surface area contributed by atoms with Crippen LogP contribution in [-0.4, -0.2) is 28.3 Å². The highest BCUT2D eigenvalue weighted by Crippen LogP contribution is 2.47. The molecule has 3 aliphatic rings. The van der Waals surface area contributed by atoms with E-state index in [0.717, 1.165) is 19.3 Å². The van der Waals surface area contributed by atoms with Gasteiger partial charge in [0, 0.05) is 19.3 Å². The van der Waals surface area contributed by atoms with Gasteiger partial charge >= 0.3 is 0 Å². The van der Waals surface area contributed by atoms with Gasteiger partial charge in [0.2, 0.25) is 0 Å². The Hall–Kier alpha value is -0.570. The highest BCUT2D eigenvalue weighted by molar-refractivity contribution is 7.97. The molecular weight excluding hydrogens is 244 g/mol. The maximum Gasteiger partial charge on any atom is 0.155 e. The van der Waals surface area contributed by atoms with Crippen LogP contribution in [0.1, 0.15) is 45.4 Å². The average molecular weight is 265 g/mol. The molecule has 1 heterocycles. The van der Waals surface area contributed by atoms with E-state index in [2.05, 4.69) is 6.92 Å². The standard InChI is InChI=1S/C15H21O2S/c1-15-7-6-11(16)10-12(15)13(4-5-14(15)17)18-8-2-3-9-18/h10,13H,2-9H2,1H3/q+1. The van der Waals surface area contributed by atoms with E-state index >= 15 is 0 Å². The summed E-state index contributed by atoms with van der Waals surface area (Å²) >= 11 is 0. The van der Waals surface area contributed by atoms with Crippen LogP contribution in [0, 0.1) is 5.41 Å². The van der Waals surface area contributed by atoms with Crippen LogP contribution in [0.15, 0.2) is 11.6 Å². The van der Waals surface area contributed by atoms with Gasteiger partial charge in [0.05, 0.1) is 5.41 Å². The van der Waals surface area contributed by atoms with Crippen molar-refractivity contribution in [2.75, 3.05) is 11.5 Å². The van der Waals surface area contributed by atoms with Gasteiger partial charge in [0.15, 0.2) is 5.78 Å². The number of allylic oxidation sites excluding steroid dienone is 1. The van der Waals surface area contributed by atoms with Gasteiger partial charge in [-0.05, 0) is 48.7 Å². The first-order valence-corrected chi connectivity index (χ1v) is 8.68. The molecule has 0 aromatic rings. The third kappa shape index (κ3) is 1.87. The third-order valence-electron chi connectivity index (χ3n) is 4.89. The van der Waals surface area contributed by atoms with Crippen LogP contribution in [0.4, 0.5) is 0 Å². The Morgan fingerprint density at radius 2 is 1.94 bits per heavy atom. The van der Waals surface area contributed by atoms with Crippen LogP contribution < -0.4 is 0 Å². The van der Waals surface area contributed by atoms with Crippen molar-refractivity contribution in [3.05, 3.63) is 11.6 Å². The van der Waals surface area contributed by atoms with E-state index in [1.54, 1.807) is 0 Å². The van der Waals surface area contributed by atoms with Crippen molar-refractivity contribution in [2.45, 2.75) is 50.7 Å². The van der Waals surface area contributed by atoms with Gasteiger partial charge in [-0.2, -0.15) is 0 Å². The second-order valence-electron chi connectivity index (χ2n) is 6.00. The summed E-state index contributed by atoms with van der Waals surface area (Å²) in [6.45, 7) is 2.08. The monoisotopic (exact) mass is 265 g/mol. The van der Waals surface area contributed by atoms with Crippen LogP contribution in [-0.2, 0) is 20.5 Å². The zero-order valence-corrected chi connectivity index (χ0v) is 11.9. The van der Waals surface area contributed by atoms with Crippen LogP contribution in [0.5, 0.6) is 0 Å². The quantitative estimate of drug-likeness (QED) is 0.682. The molecule has 3 rings (SSSR count). The molecule has 0 spiro atoms. The molecule has 0 aromatic carbocycles. The zero-order valence-electron chi connectivity index (χ0n) is 11.0. The molecule has 0 aromatic heterocycles. The molecule has 0 amide bonds. The first-order valence-electron chi connectivity index (χ1n) is 7.06. The number of rotatable bonds is 1. The molecule has 1 saturated carbocycles. The number of fused-ring (bicyclic) bond motifs is 1. The smallest absolute Gasteiger partial charge is 0.155 e. The Balaban J connectivity index is 1.96. The van der Waals surface area contributed by atoms with Gasteiger partial charge in [0.25, 0.3) is 0 Å². The molecule has 2 fully saturated rings. The van der Waals surface area contributed by atoms with E-state index in [9.17, 15) is 9.59 Å². The molecule has 2 unspecified atom stereocenters. The van der Waals surface area contributed by atoms with E-state index in [-0.39, 0.29) is 11.2 Å². The maximum atomic E-state index is 12.3. The normalized spacial score (nSPS) is 37.6. The summed E-state index contributed by atoms with van der Waals surface area (Å²) in [5, 5.41) is 0.541. The van der Waals surface area contributed by atoms with Gasteiger partial charge in [-0.1, -0.05) is 0 Å². The second-order valence-corrected chi connectivity index (χ2v) is 8.46. The summed E-state index contributed by atoms with van der Waals surface area (Å²) in [7, 11) is 0.439. The van der Waals surface area contributed by atoms with Crippen LogP contribution in [0.25, 0.3) is 0 Å². The molecule has 0 radical (unpaired) electrons. The predicted octanol–water partition coefficient (Wildman–Crippen LogP) is 2.43. The van der Waals surface area contributed by atoms with Crippen molar-refractivity contribution in [1.29, 1.82) is 0 Å². The SMILES string of the molecule is CC12CCC(=O)C=C1C([S+]1CCCC1)CCC2=O. The summed E-state index contributed by atoms with van der Waals surface area (Å²) in [6.07, 6.45) is 7.57. The predicted molar refractivity (Wildman–Crippen MR) is 74.8 cm³/mol. The minimum Gasteiger partial charge on any atom is -0.299 e. The minimum absolute atomic E-state index is 0.241. The highest BCUT2D eigenvalue weighted by atomic mass is 32.2. The van der Waals surface area contributed by atoms with Crippen molar-refractivity contribution in [3.63, 3.8) is 0 Å². The van der Waals surface area contributed by atoms with Gasteiger partial charge in [0.1, 0.15) is 22.5 Å². The van der Waals surface area contributed by atoms with Crippen molar-refractivity contribution >= 4 is 22.5 Å². The fraction of sp³-hybridized carbons (Fsp3) is 0.733. The van der Waals surface area contributed by atoms with Gasteiger partial charge in [-0.3, -0.25) is 9.59 Å². The summed E-state index contributed by atoms with van der Waals surface area (Å²) in [6, 6.07) is 0. The Bertz CT molecular complexity index is 420. The Morgan fingerprint density at radius 3 is 2.67 bits per heavy atom. The van der Waals surface area contributed by atoms with Gasteiger partial charge in [-0.15, -0.1) is 0 Å². The molecular formula is C15H21O2S+. The summed E-state index contributed by atoms with van der Waals surface area (Å²) in [5.41, 5.74) is 0.909. The van der Waals surface area contributed by atoms with Crippen molar-refractivity contribution < 1.29 is 9.59 Å². The van der Waals surface area contributed by atoms with E-state index in [0.29, 0.717) is 28.3 Å². The minimum atomic E-state index is -0.299. The molecule has 3 heteroatoms.